The number of hydrogen-bond acceptors (Lipinski definition) is 6. The van der Waals surface area contributed by atoms with Gasteiger partial charge in [-0.3, -0.25) is 9.78 Å². The van der Waals surface area contributed by atoms with Crippen molar-refractivity contribution in [3.8, 4) is 10.7 Å². The van der Waals surface area contributed by atoms with Gasteiger partial charge in [-0.15, -0.1) is 10.2 Å². The Morgan fingerprint density at radius 2 is 2.04 bits per heavy atom. The molecule has 26 heavy (non-hydrogen) atoms. The van der Waals surface area contributed by atoms with Crippen molar-refractivity contribution >= 4 is 22.4 Å². The van der Waals surface area contributed by atoms with Gasteiger partial charge in [0.1, 0.15) is 11.7 Å². The highest BCUT2D eigenvalue weighted by molar-refractivity contribution is 7.18. The van der Waals surface area contributed by atoms with Gasteiger partial charge in [0, 0.05) is 19.3 Å². The third-order valence-corrected chi connectivity index (χ3v) is 5.28. The molecule has 1 saturated heterocycles. The van der Waals surface area contributed by atoms with E-state index in [2.05, 4.69) is 51.7 Å². The largest absolute Gasteiger partial charge is 0.348 e. The minimum Gasteiger partial charge on any atom is -0.348 e. The van der Waals surface area contributed by atoms with Crippen LogP contribution in [0.1, 0.15) is 17.5 Å². The summed E-state index contributed by atoms with van der Waals surface area (Å²) in [5, 5.41) is 13.0. The van der Waals surface area contributed by atoms with Crippen molar-refractivity contribution in [3.63, 3.8) is 0 Å². The van der Waals surface area contributed by atoms with E-state index in [-0.39, 0.29) is 11.9 Å². The molecule has 3 heterocycles. The molecule has 1 N–H and O–H groups in total. The molecule has 1 aromatic carbocycles. The zero-order valence-electron chi connectivity index (χ0n) is 14.4. The van der Waals surface area contributed by atoms with Gasteiger partial charge in [0.2, 0.25) is 11.0 Å². The molecule has 0 radical (unpaired) electrons. The first-order chi connectivity index (χ1) is 12.7. The van der Waals surface area contributed by atoms with Crippen LogP contribution in [-0.4, -0.2) is 38.6 Å². The Morgan fingerprint density at radius 3 is 2.81 bits per heavy atom. The summed E-state index contributed by atoms with van der Waals surface area (Å²) in [6.07, 6.45) is 2.50. The number of anilines is 1. The number of aryl methyl sites for hydroxylation is 1. The molecule has 132 valence electrons. The van der Waals surface area contributed by atoms with E-state index >= 15 is 0 Å². The second-order valence-electron chi connectivity index (χ2n) is 6.36. The Kier molecular flexibility index (Phi) is 4.62. The van der Waals surface area contributed by atoms with Crippen LogP contribution in [0, 0.1) is 6.92 Å². The van der Waals surface area contributed by atoms with Crippen molar-refractivity contribution < 1.29 is 4.79 Å². The molecule has 3 aromatic rings. The van der Waals surface area contributed by atoms with Gasteiger partial charge in [-0.25, -0.2) is 0 Å². The van der Waals surface area contributed by atoms with Crippen molar-refractivity contribution in [1.82, 2.24) is 20.1 Å². The summed E-state index contributed by atoms with van der Waals surface area (Å²) >= 11 is 1.42. The fourth-order valence-electron chi connectivity index (χ4n) is 2.97. The van der Waals surface area contributed by atoms with Crippen LogP contribution < -0.4 is 5.32 Å². The summed E-state index contributed by atoms with van der Waals surface area (Å²) in [7, 11) is 0. The van der Waals surface area contributed by atoms with E-state index in [0.29, 0.717) is 11.7 Å². The van der Waals surface area contributed by atoms with Crippen LogP contribution in [-0.2, 0) is 11.3 Å². The van der Waals surface area contributed by atoms with E-state index in [4.69, 9.17) is 0 Å². The fourth-order valence-corrected chi connectivity index (χ4v) is 3.74. The third kappa shape index (κ3) is 3.57. The van der Waals surface area contributed by atoms with Crippen LogP contribution >= 0.6 is 11.3 Å². The Morgan fingerprint density at radius 1 is 1.19 bits per heavy atom. The molecular formula is C19H19N5OS. The van der Waals surface area contributed by atoms with E-state index < -0.39 is 0 Å². The topological polar surface area (TPSA) is 71.0 Å². The van der Waals surface area contributed by atoms with Crippen molar-refractivity contribution in [1.29, 1.82) is 0 Å². The number of amides is 1. The van der Waals surface area contributed by atoms with E-state index in [1.165, 1.54) is 16.9 Å². The van der Waals surface area contributed by atoms with Gasteiger partial charge in [-0.2, -0.15) is 0 Å². The van der Waals surface area contributed by atoms with Crippen molar-refractivity contribution in [2.45, 2.75) is 25.9 Å². The minimum atomic E-state index is -0.245. The number of aromatic nitrogens is 3. The fraction of sp³-hybridized carbons (Fsp3) is 0.263. The molecule has 2 aromatic heterocycles. The lowest BCUT2D eigenvalue weighted by Gasteiger charge is -2.17. The molecule has 1 aliphatic heterocycles. The Hall–Kier alpha value is -2.80. The van der Waals surface area contributed by atoms with Crippen LogP contribution in [0.2, 0.25) is 0 Å². The predicted molar refractivity (Wildman–Crippen MR) is 102 cm³/mol. The lowest BCUT2D eigenvalue weighted by Crippen LogP contribution is -2.33. The molecule has 4 rings (SSSR count). The molecule has 0 spiro atoms. The number of nitrogens with zero attached hydrogens (tertiary/aromatic N) is 4. The summed E-state index contributed by atoms with van der Waals surface area (Å²) < 4.78 is 0. The van der Waals surface area contributed by atoms with E-state index in [1.807, 2.05) is 23.1 Å². The molecule has 1 atom stereocenters. The normalized spacial score (nSPS) is 16.9. The van der Waals surface area contributed by atoms with Gasteiger partial charge in [-0.05, 0) is 31.0 Å². The second kappa shape index (κ2) is 7.21. The molecule has 1 fully saturated rings. The molecule has 0 saturated carbocycles. The number of likely N-dealkylation sites (tertiary alicyclic amines) is 1. The maximum Gasteiger partial charge on any atom is 0.245 e. The maximum atomic E-state index is 12.7. The first-order valence-corrected chi connectivity index (χ1v) is 9.36. The summed E-state index contributed by atoms with van der Waals surface area (Å²) in [6, 6.07) is 13.7. The summed E-state index contributed by atoms with van der Waals surface area (Å²) in [5.74, 6) is 0.111. The summed E-state index contributed by atoms with van der Waals surface area (Å²) in [4.78, 5) is 18.8. The lowest BCUT2D eigenvalue weighted by molar-refractivity contribution is -0.128. The van der Waals surface area contributed by atoms with Crippen molar-refractivity contribution in [2.75, 3.05) is 11.9 Å². The molecule has 1 amide bonds. The zero-order chi connectivity index (χ0) is 17.9. The minimum absolute atomic E-state index is 0.111. The molecule has 1 aliphatic rings. The SMILES string of the molecule is Cc1ccc(CN2CCC(Nc3nnc(-c4ccccn4)s3)C2=O)cc1. The first-order valence-electron chi connectivity index (χ1n) is 8.55. The number of carbonyl (C=O) groups is 1. The smallest absolute Gasteiger partial charge is 0.245 e. The van der Waals surface area contributed by atoms with E-state index in [1.54, 1.807) is 6.20 Å². The predicted octanol–water partition coefficient (Wildman–Crippen LogP) is 3.12. The zero-order valence-corrected chi connectivity index (χ0v) is 15.2. The Balaban J connectivity index is 1.39. The van der Waals surface area contributed by atoms with Gasteiger partial charge >= 0.3 is 0 Å². The standard InChI is InChI=1S/C19H19N5OS/c1-13-5-7-14(8-6-13)12-24-11-9-16(18(24)25)21-19-23-22-17(26-19)15-4-2-3-10-20-15/h2-8,10,16H,9,11-12H2,1H3,(H,21,23). The highest BCUT2D eigenvalue weighted by Gasteiger charge is 2.32. The number of benzene rings is 1. The quantitative estimate of drug-likeness (QED) is 0.752. The Labute approximate surface area is 155 Å². The number of hydrogen-bond donors (Lipinski definition) is 1. The Bertz CT molecular complexity index is 894. The van der Waals surface area contributed by atoms with Crippen LogP contribution in [0.15, 0.2) is 48.7 Å². The average Bonchev–Trinajstić information content (AvgIpc) is 3.27. The number of rotatable bonds is 5. The van der Waals surface area contributed by atoms with E-state index in [0.717, 1.165) is 29.2 Å². The van der Waals surface area contributed by atoms with Crippen molar-refractivity contribution in [3.05, 3.63) is 59.8 Å². The van der Waals surface area contributed by atoms with Crippen LogP contribution in [0.4, 0.5) is 5.13 Å². The third-order valence-electron chi connectivity index (χ3n) is 4.40. The van der Waals surface area contributed by atoms with Crippen LogP contribution in [0.25, 0.3) is 10.7 Å². The van der Waals surface area contributed by atoms with Crippen molar-refractivity contribution in [2.24, 2.45) is 0 Å². The van der Waals surface area contributed by atoms with Gasteiger partial charge in [0.15, 0.2) is 5.01 Å². The van der Waals surface area contributed by atoms with Gasteiger partial charge in [0.05, 0.1) is 0 Å². The molecule has 0 bridgehead atoms. The maximum absolute atomic E-state index is 12.7. The summed E-state index contributed by atoms with van der Waals surface area (Å²) in [5.41, 5.74) is 3.16. The molecule has 6 nitrogen and oxygen atoms in total. The van der Waals surface area contributed by atoms with Gasteiger partial charge < -0.3 is 10.2 Å². The molecular weight excluding hydrogens is 346 g/mol. The molecule has 7 heteroatoms. The highest BCUT2D eigenvalue weighted by atomic mass is 32.1. The second-order valence-corrected chi connectivity index (χ2v) is 7.34. The van der Waals surface area contributed by atoms with Crippen LogP contribution in [0.5, 0.6) is 0 Å². The van der Waals surface area contributed by atoms with Gasteiger partial charge in [0.25, 0.3) is 0 Å². The summed E-state index contributed by atoms with van der Waals surface area (Å²) in [6.45, 7) is 3.45. The molecule has 0 aliphatic carbocycles. The monoisotopic (exact) mass is 365 g/mol. The van der Waals surface area contributed by atoms with E-state index in [9.17, 15) is 4.79 Å². The number of pyridine rings is 1. The van der Waals surface area contributed by atoms with Crippen LogP contribution in [0.3, 0.4) is 0 Å². The number of carbonyl (C=O) groups excluding carboxylic acids is 1. The number of nitrogens with one attached hydrogen (secondary N) is 1. The average molecular weight is 365 g/mol. The molecule has 1 unspecified atom stereocenters. The van der Waals surface area contributed by atoms with Gasteiger partial charge in [-0.1, -0.05) is 47.2 Å². The lowest BCUT2D eigenvalue weighted by atomic mass is 10.1. The highest BCUT2D eigenvalue weighted by Crippen LogP contribution is 2.26. The first kappa shape index (κ1) is 16.7.